The van der Waals surface area contributed by atoms with Crippen molar-refractivity contribution in [2.24, 2.45) is 0 Å². The predicted octanol–water partition coefficient (Wildman–Crippen LogP) is 5.06. The maximum absolute atomic E-state index is 11.2. The molecule has 0 bridgehead atoms. The third-order valence-corrected chi connectivity index (χ3v) is 4.45. The van der Waals surface area contributed by atoms with E-state index in [2.05, 4.69) is 0 Å². The van der Waals surface area contributed by atoms with Crippen molar-refractivity contribution in [1.29, 1.82) is 0 Å². The molecule has 0 unspecified atom stereocenters. The van der Waals surface area contributed by atoms with Gasteiger partial charge in [-0.2, -0.15) is 0 Å². The van der Waals surface area contributed by atoms with Gasteiger partial charge in [0, 0.05) is 11.1 Å². The van der Waals surface area contributed by atoms with E-state index in [-0.39, 0.29) is 5.75 Å². The SMILES string of the molecule is CC.COc1cc2c(c(OC)c1OC)CCCC=C2C=O.COc1ccccc1O. The Morgan fingerprint density at radius 3 is 2.03 bits per heavy atom. The maximum Gasteiger partial charge on any atom is 0.203 e. The molecule has 2 aromatic rings. The first kappa shape index (κ1) is 24.9. The van der Waals surface area contributed by atoms with Gasteiger partial charge >= 0.3 is 0 Å². The molecule has 6 nitrogen and oxygen atoms in total. The molecule has 0 heterocycles. The second-order valence-electron chi connectivity index (χ2n) is 6.01. The van der Waals surface area contributed by atoms with Crippen LogP contribution in [0.4, 0.5) is 0 Å². The highest BCUT2D eigenvalue weighted by atomic mass is 16.5. The largest absolute Gasteiger partial charge is 0.504 e. The third-order valence-electron chi connectivity index (χ3n) is 4.45. The monoisotopic (exact) mass is 416 g/mol. The number of phenols is 1. The van der Waals surface area contributed by atoms with Crippen LogP contribution in [0.2, 0.25) is 0 Å². The number of rotatable bonds is 5. The van der Waals surface area contributed by atoms with Crippen LogP contribution in [0.5, 0.6) is 28.7 Å². The Kier molecular flexibility index (Phi) is 10.9. The number of carbonyl (C=O) groups excluding carboxylic acids is 1. The van der Waals surface area contributed by atoms with Gasteiger partial charge in [-0.3, -0.25) is 4.79 Å². The lowest BCUT2D eigenvalue weighted by Crippen LogP contribution is -2.02. The third kappa shape index (κ3) is 5.92. The number of phenolic OH excluding ortho intramolecular Hbond substituents is 1. The fraction of sp³-hybridized carbons (Fsp3) is 0.375. The Labute approximate surface area is 179 Å². The second-order valence-corrected chi connectivity index (χ2v) is 6.01. The molecule has 6 heteroatoms. The molecule has 1 aliphatic rings. The van der Waals surface area contributed by atoms with Gasteiger partial charge in [0.1, 0.15) is 6.29 Å². The Balaban J connectivity index is 0.000000342. The number of allylic oxidation sites excluding steroid dienone is 2. The van der Waals surface area contributed by atoms with Crippen molar-refractivity contribution in [3.63, 3.8) is 0 Å². The number of hydrogen-bond acceptors (Lipinski definition) is 6. The number of methoxy groups -OCH3 is 4. The molecule has 30 heavy (non-hydrogen) atoms. The smallest absolute Gasteiger partial charge is 0.203 e. The van der Waals surface area contributed by atoms with Gasteiger partial charge in [-0.15, -0.1) is 0 Å². The van der Waals surface area contributed by atoms with E-state index in [1.807, 2.05) is 26.0 Å². The van der Waals surface area contributed by atoms with Crippen LogP contribution >= 0.6 is 0 Å². The lowest BCUT2D eigenvalue weighted by Gasteiger charge is -2.18. The van der Waals surface area contributed by atoms with E-state index >= 15 is 0 Å². The Bertz CT molecular complexity index is 842. The van der Waals surface area contributed by atoms with E-state index in [0.29, 0.717) is 28.6 Å². The van der Waals surface area contributed by atoms with Crippen molar-refractivity contribution < 1.29 is 28.8 Å². The number of carbonyl (C=O) groups is 1. The zero-order valence-corrected chi connectivity index (χ0v) is 18.7. The van der Waals surface area contributed by atoms with Crippen LogP contribution in [0.25, 0.3) is 5.57 Å². The van der Waals surface area contributed by atoms with E-state index in [9.17, 15) is 4.79 Å². The highest BCUT2D eigenvalue weighted by Gasteiger charge is 2.23. The van der Waals surface area contributed by atoms with Gasteiger partial charge in [-0.1, -0.05) is 32.1 Å². The zero-order valence-electron chi connectivity index (χ0n) is 18.7. The molecule has 0 saturated carbocycles. The molecule has 0 atom stereocenters. The molecular weight excluding hydrogens is 384 g/mol. The van der Waals surface area contributed by atoms with E-state index in [1.165, 1.54) is 7.11 Å². The van der Waals surface area contributed by atoms with Gasteiger partial charge in [-0.25, -0.2) is 0 Å². The van der Waals surface area contributed by atoms with Crippen molar-refractivity contribution in [1.82, 2.24) is 0 Å². The van der Waals surface area contributed by atoms with Crippen molar-refractivity contribution in [2.45, 2.75) is 33.1 Å². The van der Waals surface area contributed by atoms with Crippen LogP contribution in [0.15, 0.2) is 36.4 Å². The summed E-state index contributed by atoms with van der Waals surface area (Å²) < 4.78 is 21.0. The average molecular weight is 417 g/mol. The molecule has 2 aromatic carbocycles. The summed E-state index contributed by atoms with van der Waals surface area (Å²) in [5, 5.41) is 8.99. The Morgan fingerprint density at radius 1 is 0.900 bits per heavy atom. The van der Waals surface area contributed by atoms with Crippen LogP contribution in [0.3, 0.4) is 0 Å². The summed E-state index contributed by atoms with van der Waals surface area (Å²) in [7, 11) is 6.28. The summed E-state index contributed by atoms with van der Waals surface area (Å²) in [4.78, 5) is 11.2. The van der Waals surface area contributed by atoms with Gasteiger partial charge in [-0.05, 0) is 43.0 Å². The molecule has 1 aliphatic carbocycles. The van der Waals surface area contributed by atoms with Gasteiger partial charge in [0.2, 0.25) is 5.75 Å². The minimum atomic E-state index is 0.181. The van der Waals surface area contributed by atoms with Crippen molar-refractivity contribution >= 4 is 11.9 Å². The molecule has 0 aromatic heterocycles. The number of aldehydes is 1. The molecule has 0 saturated heterocycles. The molecular formula is C24H32O6. The average Bonchev–Trinajstić information content (AvgIpc) is 3.01. The molecule has 0 spiro atoms. The summed E-state index contributed by atoms with van der Waals surface area (Å²) in [6.07, 6.45) is 5.57. The molecule has 164 valence electrons. The van der Waals surface area contributed by atoms with Gasteiger partial charge in [0.05, 0.1) is 28.4 Å². The molecule has 0 aliphatic heterocycles. The summed E-state index contributed by atoms with van der Waals surface area (Å²) in [5.41, 5.74) is 2.57. The fourth-order valence-electron chi connectivity index (χ4n) is 3.11. The Hall–Kier alpha value is -3.15. The molecule has 0 amide bonds. The highest BCUT2D eigenvalue weighted by Crippen LogP contribution is 2.45. The quantitative estimate of drug-likeness (QED) is 0.687. The lowest BCUT2D eigenvalue weighted by molar-refractivity contribution is -0.103. The minimum Gasteiger partial charge on any atom is -0.504 e. The number of benzene rings is 2. The van der Waals surface area contributed by atoms with Crippen molar-refractivity contribution in [3.05, 3.63) is 47.5 Å². The molecule has 3 rings (SSSR count). The normalized spacial score (nSPS) is 11.7. The van der Waals surface area contributed by atoms with Crippen molar-refractivity contribution in [3.8, 4) is 28.7 Å². The van der Waals surface area contributed by atoms with E-state index in [0.717, 1.165) is 36.7 Å². The lowest BCUT2D eigenvalue weighted by atomic mass is 9.97. The van der Waals surface area contributed by atoms with Crippen LogP contribution in [-0.4, -0.2) is 39.8 Å². The van der Waals surface area contributed by atoms with E-state index < -0.39 is 0 Å². The summed E-state index contributed by atoms with van der Waals surface area (Å²) >= 11 is 0. The van der Waals surface area contributed by atoms with E-state index in [4.69, 9.17) is 24.1 Å². The van der Waals surface area contributed by atoms with Crippen LogP contribution in [0.1, 0.15) is 37.8 Å². The van der Waals surface area contributed by atoms with Gasteiger partial charge in [0.25, 0.3) is 0 Å². The maximum atomic E-state index is 11.2. The topological polar surface area (TPSA) is 74.2 Å². The first-order chi connectivity index (χ1) is 14.6. The first-order valence-electron chi connectivity index (χ1n) is 9.90. The second kappa shape index (κ2) is 13.1. The zero-order chi connectivity index (χ0) is 22.5. The highest BCUT2D eigenvalue weighted by molar-refractivity contribution is 6.08. The van der Waals surface area contributed by atoms with Crippen LogP contribution in [0, 0.1) is 0 Å². The van der Waals surface area contributed by atoms with Crippen LogP contribution in [-0.2, 0) is 11.2 Å². The number of ether oxygens (including phenoxy) is 4. The molecule has 1 N–H and O–H groups in total. The molecule has 0 radical (unpaired) electrons. The summed E-state index contributed by atoms with van der Waals surface area (Å²) in [5.74, 6) is 2.51. The number of fused-ring (bicyclic) bond motifs is 1. The van der Waals surface area contributed by atoms with Gasteiger partial charge < -0.3 is 24.1 Å². The first-order valence-corrected chi connectivity index (χ1v) is 9.90. The van der Waals surface area contributed by atoms with E-state index in [1.54, 1.807) is 45.6 Å². The summed E-state index contributed by atoms with van der Waals surface area (Å²) in [6, 6.07) is 8.69. The molecule has 0 fully saturated rings. The number of hydrogen-bond donors (Lipinski definition) is 1. The predicted molar refractivity (Wildman–Crippen MR) is 119 cm³/mol. The Morgan fingerprint density at radius 2 is 1.53 bits per heavy atom. The standard InChI is InChI=1S/C15H18O4.C7H8O2.C2H6/c1-17-13-8-12-10(9-16)6-4-5-7-11(12)14(18-2)15(13)19-3;1-9-7-5-3-2-4-6(7)8;1-2/h6,8-9H,4-5,7H2,1-3H3;2-5,8H,1H3;1-2H3. The fourth-order valence-corrected chi connectivity index (χ4v) is 3.11. The van der Waals surface area contributed by atoms with Gasteiger partial charge in [0.15, 0.2) is 23.0 Å². The number of aromatic hydroxyl groups is 1. The summed E-state index contributed by atoms with van der Waals surface area (Å²) in [6.45, 7) is 4.00. The van der Waals surface area contributed by atoms with Crippen molar-refractivity contribution in [2.75, 3.05) is 28.4 Å². The number of para-hydroxylation sites is 2. The van der Waals surface area contributed by atoms with Crippen LogP contribution < -0.4 is 18.9 Å². The minimum absolute atomic E-state index is 0.181.